The van der Waals surface area contributed by atoms with Gasteiger partial charge in [-0.05, 0) is 55.7 Å². The van der Waals surface area contributed by atoms with Crippen LogP contribution in [-0.2, 0) is 11.2 Å². The normalized spacial score (nSPS) is 12.1. The number of hydrogen-bond acceptors (Lipinski definition) is 4. The SMILES string of the molecule is COc1ccc(CCNC(=O)C(C)Sc2nc3ccc(C)cc3[nH]2)cc1. The number of carbonyl (C=O) groups is 1. The predicted molar refractivity (Wildman–Crippen MR) is 106 cm³/mol. The Kier molecular flexibility index (Phi) is 5.83. The lowest BCUT2D eigenvalue weighted by Gasteiger charge is -2.10. The molecule has 6 heteroatoms. The second-order valence-electron chi connectivity index (χ2n) is 6.21. The zero-order chi connectivity index (χ0) is 18.5. The van der Waals surface area contributed by atoms with Gasteiger partial charge in [-0.3, -0.25) is 4.79 Å². The first kappa shape index (κ1) is 18.3. The summed E-state index contributed by atoms with van der Waals surface area (Å²) in [6.07, 6.45) is 0.789. The van der Waals surface area contributed by atoms with E-state index in [1.165, 1.54) is 22.9 Å². The zero-order valence-corrected chi connectivity index (χ0v) is 16.0. The monoisotopic (exact) mass is 369 g/mol. The van der Waals surface area contributed by atoms with Crippen LogP contribution in [0.1, 0.15) is 18.1 Å². The topological polar surface area (TPSA) is 67.0 Å². The number of aromatic amines is 1. The largest absolute Gasteiger partial charge is 0.497 e. The Morgan fingerprint density at radius 2 is 2.04 bits per heavy atom. The molecule has 2 N–H and O–H groups in total. The first-order valence-corrected chi connectivity index (χ1v) is 9.47. The van der Waals surface area contributed by atoms with Crippen LogP contribution in [-0.4, -0.2) is 34.8 Å². The molecule has 0 aliphatic rings. The van der Waals surface area contributed by atoms with Crippen LogP contribution in [0.3, 0.4) is 0 Å². The van der Waals surface area contributed by atoms with Crippen molar-refractivity contribution >= 4 is 28.7 Å². The van der Waals surface area contributed by atoms with Gasteiger partial charge in [-0.25, -0.2) is 4.98 Å². The van der Waals surface area contributed by atoms with Gasteiger partial charge in [0, 0.05) is 6.54 Å². The van der Waals surface area contributed by atoms with Gasteiger partial charge in [0.05, 0.1) is 23.4 Å². The Hall–Kier alpha value is -2.47. The first-order chi connectivity index (χ1) is 12.5. The van der Waals surface area contributed by atoms with E-state index in [1.807, 2.05) is 50.2 Å². The standard InChI is InChI=1S/C20H23N3O2S/c1-13-4-9-17-18(12-13)23-20(22-17)26-14(2)19(24)21-11-10-15-5-7-16(25-3)8-6-15/h4-9,12,14H,10-11H2,1-3H3,(H,21,24)(H,22,23). The van der Waals surface area contributed by atoms with E-state index in [-0.39, 0.29) is 11.2 Å². The average Bonchev–Trinajstić information content (AvgIpc) is 3.03. The molecule has 3 rings (SSSR count). The number of benzene rings is 2. The molecule has 1 atom stereocenters. The molecule has 0 fully saturated rings. The second-order valence-corrected chi connectivity index (χ2v) is 7.54. The molecule has 2 aromatic carbocycles. The number of carbonyl (C=O) groups excluding carboxylic acids is 1. The van der Waals surface area contributed by atoms with Crippen LogP contribution in [0.5, 0.6) is 5.75 Å². The Labute approximate surface area is 157 Å². The highest BCUT2D eigenvalue weighted by atomic mass is 32.2. The summed E-state index contributed by atoms with van der Waals surface area (Å²) < 4.78 is 5.15. The third kappa shape index (κ3) is 4.58. The second kappa shape index (κ2) is 8.27. The molecule has 1 heterocycles. The molecule has 0 radical (unpaired) electrons. The number of hydrogen-bond donors (Lipinski definition) is 2. The first-order valence-electron chi connectivity index (χ1n) is 8.59. The summed E-state index contributed by atoms with van der Waals surface area (Å²) in [7, 11) is 1.65. The molecule has 0 spiro atoms. The molecule has 0 saturated heterocycles. The molecular formula is C20H23N3O2S. The van der Waals surface area contributed by atoms with E-state index in [2.05, 4.69) is 21.4 Å². The van der Waals surface area contributed by atoms with Crippen LogP contribution >= 0.6 is 11.8 Å². The van der Waals surface area contributed by atoms with E-state index in [0.717, 1.165) is 28.4 Å². The Morgan fingerprint density at radius 1 is 1.27 bits per heavy atom. The molecule has 0 aliphatic heterocycles. The third-order valence-corrected chi connectivity index (χ3v) is 5.13. The van der Waals surface area contributed by atoms with Crippen LogP contribution in [0.2, 0.25) is 0 Å². The van der Waals surface area contributed by atoms with Gasteiger partial charge in [-0.15, -0.1) is 0 Å². The molecule has 136 valence electrons. The van der Waals surface area contributed by atoms with E-state index in [0.29, 0.717) is 6.54 Å². The molecule has 1 unspecified atom stereocenters. The Bertz CT molecular complexity index is 890. The number of amides is 1. The minimum Gasteiger partial charge on any atom is -0.497 e. The van der Waals surface area contributed by atoms with Crippen molar-refractivity contribution < 1.29 is 9.53 Å². The number of nitrogens with one attached hydrogen (secondary N) is 2. The lowest BCUT2D eigenvalue weighted by atomic mass is 10.1. The lowest BCUT2D eigenvalue weighted by molar-refractivity contribution is -0.120. The van der Waals surface area contributed by atoms with Gasteiger partial charge >= 0.3 is 0 Å². The third-order valence-electron chi connectivity index (χ3n) is 4.15. The summed E-state index contributed by atoms with van der Waals surface area (Å²) in [4.78, 5) is 20.1. The number of nitrogens with zero attached hydrogens (tertiary/aromatic N) is 1. The number of ether oxygens (including phenoxy) is 1. The van der Waals surface area contributed by atoms with Gasteiger partial charge in [0.1, 0.15) is 5.75 Å². The molecule has 5 nitrogen and oxygen atoms in total. The molecule has 0 bridgehead atoms. The van der Waals surface area contributed by atoms with Crippen LogP contribution < -0.4 is 10.1 Å². The van der Waals surface area contributed by atoms with Crippen LogP contribution in [0, 0.1) is 6.92 Å². The van der Waals surface area contributed by atoms with E-state index in [1.54, 1.807) is 7.11 Å². The van der Waals surface area contributed by atoms with Crippen LogP contribution in [0.4, 0.5) is 0 Å². The molecule has 0 aliphatic carbocycles. The average molecular weight is 369 g/mol. The highest BCUT2D eigenvalue weighted by molar-refractivity contribution is 8.00. The number of imidazole rings is 1. The highest BCUT2D eigenvalue weighted by Crippen LogP contribution is 2.24. The van der Waals surface area contributed by atoms with E-state index in [4.69, 9.17) is 4.74 Å². The smallest absolute Gasteiger partial charge is 0.233 e. The number of thioether (sulfide) groups is 1. The maximum absolute atomic E-state index is 12.3. The number of aryl methyl sites for hydroxylation is 1. The summed E-state index contributed by atoms with van der Waals surface area (Å²) in [5.41, 5.74) is 4.27. The minimum absolute atomic E-state index is 0.0140. The number of methoxy groups -OCH3 is 1. The molecule has 0 saturated carbocycles. The molecule has 1 aromatic heterocycles. The zero-order valence-electron chi connectivity index (χ0n) is 15.2. The number of fused-ring (bicyclic) bond motifs is 1. The van der Waals surface area contributed by atoms with Gasteiger partial charge in [-0.2, -0.15) is 0 Å². The van der Waals surface area contributed by atoms with Gasteiger partial charge < -0.3 is 15.0 Å². The fourth-order valence-corrected chi connectivity index (χ4v) is 3.49. The number of aromatic nitrogens is 2. The van der Waals surface area contributed by atoms with Crippen molar-refractivity contribution in [2.75, 3.05) is 13.7 Å². The van der Waals surface area contributed by atoms with Crippen molar-refractivity contribution in [1.29, 1.82) is 0 Å². The summed E-state index contributed by atoms with van der Waals surface area (Å²) in [6.45, 7) is 4.55. The molecule has 3 aromatic rings. The van der Waals surface area contributed by atoms with Crippen molar-refractivity contribution in [2.45, 2.75) is 30.7 Å². The number of H-pyrrole nitrogens is 1. The van der Waals surface area contributed by atoms with Gasteiger partial charge in [-0.1, -0.05) is 30.0 Å². The molecule has 26 heavy (non-hydrogen) atoms. The Balaban J connectivity index is 1.50. The lowest BCUT2D eigenvalue weighted by Crippen LogP contribution is -2.32. The molecular weight excluding hydrogens is 346 g/mol. The van der Waals surface area contributed by atoms with Crippen molar-refractivity contribution in [1.82, 2.24) is 15.3 Å². The van der Waals surface area contributed by atoms with Crippen molar-refractivity contribution in [3.05, 3.63) is 53.6 Å². The van der Waals surface area contributed by atoms with Crippen LogP contribution in [0.25, 0.3) is 11.0 Å². The maximum Gasteiger partial charge on any atom is 0.233 e. The van der Waals surface area contributed by atoms with Gasteiger partial charge in [0.15, 0.2) is 5.16 Å². The van der Waals surface area contributed by atoms with Crippen molar-refractivity contribution in [2.24, 2.45) is 0 Å². The minimum atomic E-state index is -0.215. The fraction of sp³-hybridized carbons (Fsp3) is 0.300. The predicted octanol–water partition coefficient (Wildman–Crippen LogP) is 3.72. The van der Waals surface area contributed by atoms with Gasteiger partial charge in [0.25, 0.3) is 0 Å². The summed E-state index contributed by atoms with van der Waals surface area (Å²) >= 11 is 1.44. The van der Waals surface area contributed by atoms with Crippen LogP contribution in [0.15, 0.2) is 47.6 Å². The highest BCUT2D eigenvalue weighted by Gasteiger charge is 2.16. The maximum atomic E-state index is 12.3. The summed E-state index contributed by atoms with van der Waals surface area (Å²) in [5, 5.41) is 3.54. The summed E-state index contributed by atoms with van der Waals surface area (Å²) in [5.74, 6) is 0.851. The quantitative estimate of drug-likeness (QED) is 0.623. The van der Waals surface area contributed by atoms with E-state index < -0.39 is 0 Å². The number of rotatable bonds is 7. The Morgan fingerprint density at radius 3 is 2.77 bits per heavy atom. The van der Waals surface area contributed by atoms with E-state index >= 15 is 0 Å². The summed E-state index contributed by atoms with van der Waals surface area (Å²) in [6, 6.07) is 14.0. The van der Waals surface area contributed by atoms with Gasteiger partial charge in [0.2, 0.25) is 5.91 Å². The van der Waals surface area contributed by atoms with Crippen molar-refractivity contribution in [3.8, 4) is 5.75 Å². The fourth-order valence-electron chi connectivity index (χ4n) is 2.64. The molecule has 1 amide bonds. The van der Waals surface area contributed by atoms with E-state index in [9.17, 15) is 4.79 Å². The van der Waals surface area contributed by atoms with Crippen molar-refractivity contribution in [3.63, 3.8) is 0 Å².